The summed E-state index contributed by atoms with van der Waals surface area (Å²) in [5, 5.41) is 17.8. The first-order valence-electron chi connectivity index (χ1n) is 7.30. The monoisotopic (exact) mass is 266 g/mol. The molecule has 0 saturated carbocycles. The average Bonchev–Trinajstić information content (AvgIpc) is 2.77. The lowest BCUT2D eigenvalue weighted by molar-refractivity contribution is -0.0167. The zero-order chi connectivity index (χ0) is 13.1. The molecule has 3 rings (SSSR count). The Kier molecular flexibility index (Phi) is 3.70. The summed E-state index contributed by atoms with van der Waals surface area (Å²) in [6, 6.07) is 0. The van der Waals surface area contributed by atoms with Crippen LogP contribution in [0.5, 0.6) is 0 Å². The van der Waals surface area contributed by atoms with Crippen molar-refractivity contribution in [3.63, 3.8) is 0 Å². The van der Waals surface area contributed by atoms with Crippen molar-refractivity contribution >= 4 is 5.95 Å². The third-order valence-electron chi connectivity index (χ3n) is 4.06. The van der Waals surface area contributed by atoms with Crippen LogP contribution in [0.2, 0.25) is 0 Å². The number of anilines is 1. The van der Waals surface area contributed by atoms with Crippen LogP contribution >= 0.6 is 0 Å². The minimum absolute atomic E-state index is 0.360. The number of β-amino-alcohol motifs (C(OH)–C–C–N with tert-alkyl or cyclic N) is 1. The molecule has 19 heavy (non-hydrogen) atoms. The second kappa shape index (κ2) is 5.46. The minimum atomic E-state index is -0.991. The Morgan fingerprint density at radius 2 is 1.95 bits per heavy atom. The molecule has 6 nitrogen and oxygen atoms in total. The third-order valence-corrected chi connectivity index (χ3v) is 4.06. The molecule has 106 valence electrons. The summed E-state index contributed by atoms with van der Waals surface area (Å²) < 4.78 is 5.31. The Balaban J connectivity index is 1.74. The number of aromatic nitrogens is 2. The quantitative estimate of drug-likeness (QED) is 0.832. The summed E-state index contributed by atoms with van der Waals surface area (Å²) in [5.41, 5.74) is -0.991. The molecule has 2 aliphatic heterocycles. The molecule has 2 N–H and O–H groups in total. The van der Waals surface area contributed by atoms with Crippen molar-refractivity contribution in [2.75, 3.05) is 31.1 Å². The summed E-state index contributed by atoms with van der Waals surface area (Å²) in [7, 11) is 0. The van der Waals surface area contributed by atoms with Gasteiger partial charge in [-0.25, -0.2) is 0 Å². The Morgan fingerprint density at radius 1 is 1.16 bits per heavy atom. The average molecular weight is 266 g/mol. The Labute approximate surface area is 113 Å². The van der Waals surface area contributed by atoms with Gasteiger partial charge in [0.1, 0.15) is 0 Å². The van der Waals surface area contributed by atoms with Gasteiger partial charge in [-0.3, -0.25) is 0 Å². The number of nitrogens with zero attached hydrogens (tertiary/aromatic N) is 3. The highest BCUT2D eigenvalue weighted by atomic mass is 16.5. The van der Waals surface area contributed by atoms with Crippen LogP contribution in [0.4, 0.5) is 5.95 Å². The van der Waals surface area contributed by atoms with E-state index in [1.165, 1.54) is 25.7 Å². The van der Waals surface area contributed by atoms with Gasteiger partial charge >= 0.3 is 0 Å². The van der Waals surface area contributed by atoms with E-state index in [0.717, 1.165) is 26.1 Å². The highest BCUT2D eigenvalue weighted by Crippen LogP contribution is 2.28. The van der Waals surface area contributed by atoms with Crippen LogP contribution in [0.25, 0.3) is 0 Å². The number of rotatable bonds is 2. The van der Waals surface area contributed by atoms with E-state index in [4.69, 9.17) is 4.52 Å². The van der Waals surface area contributed by atoms with E-state index in [1.807, 2.05) is 0 Å². The van der Waals surface area contributed by atoms with Gasteiger partial charge in [0.25, 0.3) is 11.8 Å². The lowest BCUT2D eigenvalue weighted by Crippen LogP contribution is -2.43. The molecule has 2 aliphatic rings. The van der Waals surface area contributed by atoms with Crippen LogP contribution in [0, 0.1) is 0 Å². The van der Waals surface area contributed by atoms with Gasteiger partial charge in [-0.2, -0.15) is 4.98 Å². The summed E-state index contributed by atoms with van der Waals surface area (Å²) >= 11 is 0. The fourth-order valence-corrected chi connectivity index (χ4v) is 2.88. The lowest BCUT2D eigenvalue weighted by Gasteiger charge is -2.28. The number of piperidine rings is 1. The van der Waals surface area contributed by atoms with Gasteiger partial charge in [0.15, 0.2) is 5.60 Å². The van der Waals surface area contributed by atoms with E-state index >= 15 is 0 Å². The van der Waals surface area contributed by atoms with E-state index in [9.17, 15) is 5.11 Å². The first-order valence-corrected chi connectivity index (χ1v) is 7.30. The summed E-state index contributed by atoms with van der Waals surface area (Å²) in [4.78, 5) is 6.60. The largest absolute Gasteiger partial charge is 0.379 e. The molecule has 1 aromatic heterocycles. The van der Waals surface area contributed by atoms with Gasteiger partial charge in [0.2, 0.25) is 0 Å². The Hall–Kier alpha value is -1.14. The Morgan fingerprint density at radius 3 is 2.63 bits per heavy atom. The van der Waals surface area contributed by atoms with Gasteiger partial charge in [0, 0.05) is 19.6 Å². The van der Waals surface area contributed by atoms with Crippen LogP contribution in [0.3, 0.4) is 0 Å². The van der Waals surface area contributed by atoms with E-state index in [2.05, 4.69) is 20.4 Å². The molecular formula is C13H22N4O2. The maximum Gasteiger partial charge on any atom is 0.266 e. The number of aliphatic hydroxyl groups is 1. The van der Waals surface area contributed by atoms with Crippen molar-refractivity contribution in [2.45, 2.75) is 44.1 Å². The summed E-state index contributed by atoms with van der Waals surface area (Å²) in [6.45, 7) is 3.40. The zero-order valence-corrected chi connectivity index (χ0v) is 11.3. The van der Waals surface area contributed by atoms with Crippen molar-refractivity contribution in [2.24, 2.45) is 0 Å². The molecule has 1 unspecified atom stereocenters. The molecule has 2 fully saturated rings. The first-order chi connectivity index (χ1) is 9.28. The predicted octanol–water partition coefficient (Wildman–Crippen LogP) is 1.02. The van der Waals surface area contributed by atoms with Crippen LogP contribution in [-0.4, -0.2) is 41.4 Å². The first kappa shape index (κ1) is 12.9. The maximum absolute atomic E-state index is 10.5. The molecule has 6 heteroatoms. The van der Waals surface area contributed by atoms with Crippen molar-refractivity contribution in [3.05, 3.63) is 5.89 Å². The number of nitrogens with one attached hydrogen (secondary N) is 1. The minimum Gasteiger partial charge on any atom is -0.379 e. The van der Waals surface area contributed by atoms with Gasteiger partial charge in [-0.15, -0.1) is 0 Å². The standard InChI is InChI=1S/C13H22N4O2/c18-13(6-5-7-14-10-13)11-15-12(16-19-11)17-8-3-1-2-4-9-17/h14,18H,1-10H2. The number of hydrogen-bond donors (Lipinski definition) is 2. The van der Waals surface area contributed by atoms with Crippen LogP contribution in [0.1, 0.15) is 44.4 Å². The van der Waals surface area contributed by atoms with Gasteiger partial charge < -0.3 is 19.8 Å². The second-order valence-electron chi connectivity index (χ2n) is 5.61. The molecule has 0 aromatic carbocycles. The fourth-order valence-electron chi connectivity index (χ4n) is 2.88. The topological polar surface area (TPSA) is 74.4 Å². The summed E-state index contributed by atoms with van der Waals surface area (Å²) in [5.74, 6) is 0.995. The van der Waals surface area contributed by atoms with Gasteiger partial charge in [-0.1, -0.05) is 12.8 Å². The molecule has 0 amide bonds. The van der Waals surface area contributed by atoms with E-state index in [1.54, 1.807) is 0 Å². The van der Waals surface area contributed by atoms with Gasteiger partial charge in [0.05, 0.1) is 0 Å². The summed E-state index contributed by atoms with van der Waals surface area (Å²) in [6.07, 6.45) is 6.51. The number of hydrogen-bond acceptors (Lipinski definition) is 6. The van der Waals surface area contributed by atoms with E-state index < -0.39 is 5.60 Å². The predicted molar refractivity (Wildman–Crippen MR) is 71.0 cm³/mol. The van der Waals surface area contributed by atoms with Crippen molar-refractivity contribution in [1.29, 1.82) is 0 Å². The molecule has 1 atom stereocenters. The molecule has 0 spiro atoms. The SMILES string of the molecule is OC1(c2nc(N3CCCCCC3)no2)CCCNC1. The van der Waals surface area contributed by atoms with Crippen LogP contribution in [0.15, 0.2) is 4.52 Å². The maximum atomic E-state index is 10.5. The fraction of sp³-hybridized carbons (Fsp3) is 0.846. The van der Waals surface area contributed by atoms with Crippen molar-refractivity contribution in [1.82, 2.24) is 15.5 Å². The second-order valence-corrected chi connectivity index (χ2v) is 5.61. The molecular weight excluding hydrogens is 244 g/mol. The molecule has 1 aromatic rings. The van der Waals surface area contributed by atoms with Gasteiger partial charge in [-0.05, 0) is 37.4 Å². The van der Waals surface area contributed by atoms with Crippen LogP contribution < -0.4 is 10.2 Å². The molecule has 2 saturated heterocycles. The third kappa shape index (κ3) is 2.74. The highest BCUT2D eigenvalue weighted by Gasteiger charge is 2.37. The normalized spacial score (nSPS) is 29.2. The van der Waals surface area contributed by atoms with Crippen LogP contribution in [-0.2, 0) is 5.60 Å². The zero-order valence-electron chi connectivity index (χ0n) is 11.3. The van der Waals surface area contributed by atoms with Crippen molar-refractivity contribution < 1.29 is 9.63 Å². The lowest BCUT2D eigenvalue weighted by atomic mass is 9.94. The molecule has 3 heterocycles. The van der Waals surface area contributed by atoms with Crippen molar-refractivity contribution in [3.8, 4) is 0 Å². The van der Waals surface area contributed by atoms with E-state index in [0.29, 0.717) is 24.8 Å². The molecule has 0 radical (unpaired) electrons. The smallest absolute Gasteiger partial charge is 0.266 e. The highest BCUT2D eigenvalue weighted by molar-refractivity contribution is 5.28. The Bertz CT molecular complexity index is 407. The molecule has 0 bridgehead atoms. The molecule has 0 aliphatic carbocycles. The van der Waals surface area contributed by atoms with E-state index in [-0.39, 0.29) is 0 Å².